The molecule has 1 aliphatic carbocycles. The second kappa shape index (κ2) is 5.33. The normalized spacial score (nSPS) is 15.7. The van der Waals surface area contributed by atoms with Gasteiger partial charge in [0.05, 0.1) is 5.39 Å². The molecule has 0 bridgehead atoms. The van der Waals surface area contributed by atoms with Gasteiger partial charge < -0.3 is 4.90 Å². The number of rotatable bonds is 3. The van der Waals surface area contributed by atoms with Crippen molar-refractivity contribution < 1.29 is 4.79 Å². The molecule has 0 aromatic carbocycles. The van der Waals surface area contributed by atoms with E-state index in [-0.39, 0.29) is 23.3 Å². The van der Waals surface area contributed by atoms with Crippen molar-refractivity contribution in [2.24, 2.45) is 20.0 Å². The number of aryl methyl sites for hydroxylation is 1. The van der Waals surface area contributed by atoms with Gasteiger partial charge in [0.25, 0.3) is 11.5 Å². The summed E-state index contributed by atoms with van der Waals surface area (Å²) in [4.78, 5) is 42.7. The highest BCUT2D eigenvalue weighted by molar-refractivity contribution is 5.94. The summed E-state index contributed by atoms with van der Waals surface area (Å²) in [6.45, 7) is 2.03. The number of nitrogens with zero attached hydrogens (tertiary/aromatic N) is 4. The fraction of sp³-hybridized carbons (Fsp3) is 0.500. The van der Waals surface area contributed by atoms with Crippen LogP contribution in [0.4, 0.5) is 0 Å². The molecule has 1 unspecified atom stereocenters. The van der Waals surface area contributed by atoms with E-state index in [2.05, 4.69) is 4.98 Å². The monoisotopic (exact) mass is 316 g/mol. The summed E-state index contributed by atoms with van der Waals surface area (Å²) in [6, 6.07) is 3.27. The molecule has 2 aromatic rings. The minimum atomic E-state index is -0.459. The van der Waals surface area contributed by atoms with E-state index in [1.165, 1.54) is 11.6 Å². The molecule has 122 valence electrons. The maximum atomic E-state index is 12.6. The van der Waals surface area contributed by atoms with E-state index in [0.29, 0.717) is 11.3 Å². The summed E-state index contributed by atoms with van der Waals surface area (Å²) in [7, 11) is 4.73. The van der Waals surface area contributed by atoms with Crippen molar-refractivity contribution in [1.29, 1.82) is 0 Å². The van der Waals surface area contributed by atoms with E-state index < -0.39 is 11.2 Å². The molecule has 0 saturated heterocycles. The van der Waals surface area contributed by atoms with Crippen molar-refractivity contribution in [3.05, 3.63) is 38.7 Å². The molecule has 0 radical (unpaired) electrons. The maximum Gasteiger partial charge on any atom is 0.332 e. The second-order valence-electron chi connectivity index (χ2n) is 6.27. The predicted molar refractivity (Wildman–Crippen MR) is 86.5 cm³/mol. The van der Waals surface area contributed by atoms with Gasteiger partial charge in [-0.2, -0.15) is 0 Å². The van der Waals surface area contributed by atoms with Gasteiger partial charge in [-0.05, 0) is 37.8 Å². The van der Waals surface area contributed by atoms with Gasteiger partial charge in [-0.1, -0.05) is 0 Å². The van der Waals surface area contributed by atoms with E-state index >= 15 is 0 Å². The number of carbonyl (C=O) groups excluding carboxylic acids is 1. The standard InChI is InChI=1S/C16H20N4O3/c1-9(10-5-6-10)18(2)15(22)12-8-7-11-13(17-12)19(3)16(23)20(4)14(11)21/h7-10H,5-6H2,1-4H3. The molecule has 1 saturated carbocycles. The van der Waals surface area contributed by atoms with Crippen LogP contribution in [0.3, 0.4) is 0 Å². The zero-order chi connectivity index (χ0) is 16.9. The zero-order valence-corrected chi connectivity index (χ0v) is 13.7. The van der Waals surface area contributed by atoms with E-state index in [1.807, 2.05) is 6.92 Å². The third-order valence-electron chi connectivity index (χ3n) is 4.76. The Balaban J connectivity index is 2.08. The summed E-state index contributed by atoms with van der Waals surface area (Å²) in [6.07, 6.45) is 2.29. The molecule has 1 atom stereocenters. The van der Waals surface area contributed by atoms with Crippen LogP contribution in [0.5, 0.6) is 0 Å². The van der Waals surface area contributed by atoms with Gasteiger partial charge in [-0.15, -0.1) is 0 Å². The SMILES string of the molecule is CC(C1CC1)N(C)C(=O)c1ccc2c(=O)n(C)c(=O)n(C)c2n1. The lowest BCUT2D eigenvalue weighted by atomic mass is 10.1. The average Bonchev–Trinajstić information content (AvgIpc) is 3.40. The van der Waals surface area contributed by atoms with Gasteiger partial charge in [-0.3, -0.25) is 18.7 Å². The van der Waals surface area contributed by atoms with Crippen LogP contribution in [0.15, 0.2) is 21.7 Å². The molecule has 7 nitrogen and oxygen atoms in total. The largest absolute Gasteiger partial charge is 0.337 e. The molecule has 1 fully saturated rings. The Morgan fingerprint density at radius 3 is 2.52 bits per heavy atom. The molecule has 1 amide bonds. The van der Waals surface area contributed by atoms with Crippen molar-refractivity contribution >= 4 is 16.9 Å². The van der Waals surface area contributed by atoms with Gasteiger partial charge in [0.2, 0.25) is 0 Å². The third-order valence-corrected chi connectivity index (χ3v) is 4.76. The molecule has 2 aromatic heterocycles. The highest BCUT2D eigenvalue weighted by Crippen LogP contribution is 2.35. The Morgan fingerprint density at radius 2 is 1.91 bits per heavy atom. The molecule has 3 rings (SSSR count). The molecule has 7 heteroatoms. The lowest BCUT2D eigenvalue weighted by Gasteiger charge is -2.24. The van der Waals surface area contributed by atoms with Crippen LogP contribution in [0.25, 0.3) is 11.0 Å². The number of pyridine rings is 1. The van der Waals surface area contributed by atoms with E-state index in [0.717, 1.165) is 17.4 Å². The Morgan fingerprint density at radius 1 is 1.26 bits per heavy atom. The molecule has 1 aliphatic rings. The minimum absolute atomic E-state index is 0.160. The summed E-state index contributed by atoms with van der Waals surface area (Å²) >= 11 is 0. The quantitative estimate of drug-likeness (QED) is 0.826. The van der Waals surface area contributed by atoms with Crippen molar-refractivity contribution in [3.8, 4) is 0 Å². The first-order chi connectivity index (χ1) is 10.8. The Hall–Kier alpha value is -2.44. The topological polar surface area (TPSA) is 77.2 Å². The molecule has 2 heterocycles. The summed E-state index contributed by atoms with van der Waals surface area (Å²) in [5, 5.41) is 0.323. The van der Waals surface area contributed by atoms with Crippen LogP contribution in [-0.4, -0.2) is 38.0 Å². The molecule has 0 N–H and O–H groups in total. The van der Waals surface area contributed by atoms with Crippen LogP contribution in [0.1, 0.15) is 30.3 Å². The van der Waals surface area contributed by atoms with Gasteiger partial charge >= 0.3 is 5.69 Å². The number of aromatic nitrogens is 3. The van der Waals surface area contributed by atoms with Crippen LogP contribution in [0, 0.1) is 5.92 Å². The van der Waals surface area contributed by atoms with Crippen LogP contribution in [-0.2, 0) is 14.1 Å². The van der Waals surface area contributed by atoms with Gasteiger partial charge in [-0.25, -0.2) is 9.78 Å². The first-order valence-electron chi connectivity index (χ1n) is 7.67. The first-order valence-corrected chi connectivity index (χ1v) is 7.67. The van der Waals surface area contributed by atoms with Crippen molar-refractivity contribution in [2.45, 2.75) is 25.8 Å². The Bertz CT molecular complexity index is 908. The third kappa shape index (κ3) is 2.46. The Kier molecular flexibility index (Phi) is 3.58. The molecule has 0 aliphatic heterocycles. The highest BCUT2D eigenvalue weighted by Gasteiger charge is 2.33. The smallest absolute Gasteiger partial charge is 0.332 e. The van der Waals surface area contributed by atoms with E-state index in [1.54, 1.807) is 31.1 Å². The van der Waals surface area contributed by atoms with Gasteiger partial charge in [0, 0.05) is 27.2 Å². The van der Waals surface area contributed by atoms with Crippen LogP contribution in [0.2, 0.25) is 0 Å². The molecule has 23 heavy (non-hydrogen) atoms. The molecular formula is C16H20N4O3. The Labute approximate surface area is 133 Å². The molecular weight excluding hydrogens is 296 g/mol. The van der Waals surface area contributed by atoms with Crippen LogP contribution < -0.4 is 11.2 Å². The number of hydrogen-bond donors (Lipinski definition) is 0. The highest BCUT2D eigenvalue weighted by atomic mass is 16.2. The van der Waals surface area contributed by atoms with Crippen molar-refractivity contribution in [1.82, 2.24) is 19.0 Å². The number of amides is 1. The molecule has 0 spiro atoms. The van der Waals surface area contributed by atoms with E-state index in [9.17, 15) is 14.4 Å². The summed E-state index contributed by atoms with van der Waals surface area (Å²) < 4.78 is 2.32. The fourth-order valence-corrected chi connectivity index (χ4v) is 2.83. The van der Waals surface area contributed by atoms with Gasteiger partial charge in [0.15, 0.2) is 0 Å². The average molecular weight is 316 g/mol. The number of carbonyl (C=O) groups is 1. The lowest BCUT2D eigenvalue weighted by molar-refractivity contribution is 0.0721. The number of hydrogen-bond acceptors (Lipinski definition) is 4. The van der Waals surface area contributed by atoms with Crippen molar-refractivity contribution in [3.63, 3.8) is 0 Å². The second-order valence-corrected chi connectivity index (χ2v) is 6.27. The maximum absolute atomic E-state index is 12.6. The number of fused-ring (bicyclic) bond motifs is 1. The summed E-state index contributed by atoms with van der Waals surface area (Å²) in [5.74, 6) is 0.362. The fourth-order valence-electron chi connectivity index (χ4n) is 2.83. The van der Waals surface area contributed by atoms with Crippen LogP contribution >= 0.6 is 0 Å². The zero-order valence-electron chi connectivity index (χ0n) is 13.7. The van der Waals surface area contributed by atoms with Gasteiger partial charge in [0.1, 0.15) is 11.3 Å². The van der Waals surface area contributed by atoms with Crippen molar-refractivity contribution in [2.75, 3.05) is 7.05 Å². The predicted octanol–water partition coefficient (Wildman–Crippen LogP) is 0.503. The minimum Gasteiger partial charge on any atom is -0.337 e. The lowest BCUT2D eigenvalue weighted by Crippen LogP contribution is -2.39. The first kappa shape index (κ1) is 15.5. The van der Waals surface area contributed by atoms with E-state index in [4.69, 9.17) is 0 Å². The summed E-state index contributed by atoms with van der Waals surface area (Å²) in [5.41, 5.74) is -0.388.